The quantitative estimate of drug-likeness (QED) is 0.00943. The Bertz CT molecular complexity index is 2960. The number of nitrogens with zero attached hydrogens (tertiary/aromatic N) is 3. The fourth-order valence-electron chi connectivity index (χ4n) is 14.6. The summed E-state index contributed by atoms with van der Waals surface area (Å²) in [5, 5.41) is 45.3. The molecule has 6 aromatic carbocycles. The fourth-order valence-corrected chi connectivity index (χ4v) is 27.0. The zero-order valence-electron chi connectivity index (χ0n) is 62.5. The van der Waals surface area contributed by atoms with Crippen molar-refractivity contribution < 1.29 is 56.9 Å². The molecule has 0 aromatic heterocycles. The van der Waals surface area contributed by atoms with Crippen molar-refractivity contribution in [1.82, 2.24) is 25.8 Å². The summed E-state index contributed by atoms with van der Waals surface area (Å²) in [5.41, 5.74) is 0. The molecule has 104 heavy (non-hydrogen) atoms. The molecule has 0 aliphatic carbocycles. The number of amides is 5. The van der Waals surface area contributed by atoms with Gasteiger partial charge >= 0.3 is 402 Å². The maximum Gasteiger partial charge on any atom is -1.00 e. The Morgan fingerprint density at radius 2 is 0.538 bits per heavy atom. The van der Waals surface area contributed by atoms with Crippen molar-refractivity contribution in [2.24, 2.45) is 0 Å². The normalized spacial score (nSPS) is 12.6. The van der Waals surface area contributed by atoms with E-state index in [-0.39, 0.29) is 69.5 Å². The van der Waals surface area contributed by atoms with Gasteiger partial charge in [0.1, 0.15) is 0 Å². The molecule has 0 spiro atoms. The summed E-state index contributed by atoms with van der Waals surface area (Å²) in [6, 6.07) is 65.1. The number of hydroxylamine groups is 6. The SMILES string of the molecule is CC(=O)N(O)CCCCCNC(=O)CCC(=O)N(O)CCCCCNC(=O)CCC(=O)N(O)CCCCC[NH+](CCCCCCCCCCCCP(Cl)(c1ccccc1)(c1ccccc1)c1ccccc1)CCCCCCCCCCCCP(Cl)(c1ccccc1)(c1ccccc1)c1ccccc1.[Cl-]. The standard InChI is InChI=1S/C85H124Cl2N6O8P2.ClH/c1-75(94)91(99)70-44-24-39-65-88-82(95)61-63-84(97)92(100)71-45-25-40-66-89-83(96)62-64-85(98)93(101)72-46-26-43-69-90(67-41-14-10-6-2-4-8-12-16-47-73-102(86,76-49-27-18-28-50-76,77-51-29-19-30-52-77)78-53-31-20-32-54-78)68-42-15-11-7-3-5-9-13-17-48-74-103(87,79-55-33-21-34-56-79,80-57-35-22-36-58-80)81-59-37-23-38-60-81;/h18-23,27-38,49-60,99-101H,2-17,24-26,39-48,61-74H2,1H3,(H,88,95)(H,89,96);1H. The molecule has 6 rings (SSSR count). The van der Waals surface area contributed by atoms with Gasteiger partial charge in [0.05, 0.1) is 6.54 Å². The molecule has 14 nitrogen and oxygen atoms in total. The van der Waals surface area contributed by atoms with Gasteiger partial charge in [0, 0.05) is 65.3 Å². The van der Waals surface area contributed by atoms with Gasteiger partial charge in [-0.2, -0.15) is 0 Å². The molecule has 0 aliphatic heterocycles. The maximum atomic E-state index is 12.8. The molecule has 0 saturated carbocycles. The van der Waals surface area contributed by atoms with Crippen molar-refractivity contribution in [2.75, 3.05) is 64.7 Å². The van der Waals surface area contributed by atoms with E-state index in [2.05, 4.69) is 193 Å². The number of rotatable bonds is 56. The average Bonchev–Trinajstić information content (AvgIpc) is 0.717. The zero-order chi connectivity index (χ0) is 73.6. The van der Waals surface area contributed by atoms with Crippen LogP contribution in [0, 0.1) is 0 Å². The molecule has 5 amide bonds. The first kappa shape index (κ1) is 88.9. The molecule has 0 saturated heterocycles. The molecule has 19 heteroatoms. The molecule has 0 unspecified atom stereocenters. The summed E-state index contributed by atoms with van der Waals surface area (Å²) in [7, 11) is 0. The van der Waals surface area contributed by atoms with Gasteiger partial charge < -0.3 is 27.9 Å². The minimum atomic E-state index is -3.22. The molecular weight excluding hydrogens is 1400 g/mol. The van der Waals surface area contributed by atoms with Gasteiger partial charge in [0.15, 0.2) is 0 Å². The number of benzene rings is 6. The Hall–Kier alpha value is -5.76. The van der Waals surface area contributed by atoms with Gasteiger partial charge in [0.2, 0.25) is 29.5 Å². The van der Waals surface area contributed by atoms with Crippen LogP contribution in [0.4, 0.5) is 0 Å². The Morgan fingerprint density at radius 3 is 0.798 bits per heavy atom. The topological polar surface area (TPSA) is 184 Å². The third-order valence-corrected chi connectivity index (χ3v) is 35.8. The molecule has 0 radical (unpaired) electrons. The van der Waals surface area contributed by atoms with Crippen LogP contribution in [0.1, 0.15) is 219 Å². The third-order valence-electron chi connectivity index (χ3n) is 20.7. The van der Waals surface area contributed by atoms with E-state index < -0.39 is 29.6 Å². The van der Waals surface area contributed by atoms with E-state index in [0.29, 0.717) is 68.2 Å². The van der Waals surface area contributed by atoms with Crippen LogP contribution in [0.25, 0.3) is 0 Å². The molecule has 0 aliphatic rings. The van der Waals surface area contributed by atoms with Gasteiger partial charge in [-0.1, -0.05) is 0 Å². The molecule has 6 aromatic rings. The summed E-state index contributed by atoms with van der Waals surface area (Å²) in [5.74, 6) is -8.43. The summed E-state index contributed by atoms with van der Waals surface area (Å²) in [6.45, 7) is 6.09. The third kappa shape index (κ3) is 29.4. The summed E-state index contributed by atoms with van der Waals surface area (Å²) in [4.78, 5) is 62.6. The predicted molar refractivity (Wildman–Crippen MR) is 432 cm³/mol. The van der Waals surface area contributed by atoms with Gasteiger partial charge in [-0.05, 0) is 57.8 Å². The zero-order valence-corrected chi connectivity index (χ0v) is 66.5. The summed E-state index contributed by atoms with van der Waals surface area (Å²) < 4.78 is 0. The fraction of sp³-hybridized carbons (Fsp3) is 0.518. The first-order valence-corrected chi connectivity index (χ1v) is 45.9. The number of carbonyl (C=O) groups excluding carboxylic acids is 5. The van der Waals surface area contributed by atoms with Crippen LogP contribution < -0.4 is 59.8 Å². The van der Waals surface area contributed by atoms with Crippen molar-refractivity contribution in [2.45, 2.75) is 219 Å². The minimum absolute atomic E-state index is 0. The van der Waals surface area contributed by atoms with Crippen molar-refractivity contribution in [3.8, 4) is 0 Å². The molecule has 0 fully saturated rings. The molecule has 0 heterocycles. The first-order valence-electron chi connectivity index (χ1n) is 39.2. The Kier molecular flexibility index (Phi) is 42.7. The molecule has 0 bridgehead atoms. The monoisotopic (exact) mass is 1520 g/mol. The summed E-state index contributed by atoms with van der Waals surface area (Å²) in [6.07, 6.45) is 32.7. The number of hydrogen-bond donors (Lipinski definition) is 6. The van der Waals surface area contributed by atoms with E-state index in [9.17, 15) is 39.6 Å². The van der Waals surface area contributed by atoms with Crippen molar-refractivity contribution in [3.63, 3.8) is 0 Å². The number of hydrogen-bond acceptors (Lipinski definition) is 8. The molecule has 0 atom stereocenters. The van der Waals surface area contributed by atoms with E-state index in [1.54, 1.807) is 4.90 Å². The number of carbonyl (C=O) groups is 5. The van der Waals surface area contributed by atoms with Crippen LogP contribution in [-0.4, -0.2) is 125 Å². The molecule has 6 N–H and O–H groups in total. The number of quaternary nitrogens is 1. The van der Waals surface area contributed by atoms with Crippen molar-refractivity contribution in [3.05, 3.63) is 182 Å². The Balaban J connectivity index is 0.0000194. The predicted octanol–water partition coefficient (Wildman–Crippen LogP) is 13.0. The van der Waals surface area contributed by atoms with E-state index in [0.717, 1.165) is 49.6 Å². The number of nitrogens with one attached hydrogen (secondary N) is 3. The van der Waals surface area contributed by atoms with E-state index in [1.165, 1.54) is 167 Å². The smallest absolute Gasteiger partial charge is 1.00 e. The van der Waals surface area contributed by atoms with Crippen molar-refractivity contribution in [1.29, 1.82) is 0 Å². The number of unbranched alkanes of at least 4 members (excludes halogenated alkanes) is 24. The van der Waals surface area contributed by atoms with Gasteiger partial charge in [0.25, 0.3) is 0 Å². The van der Waals surface area contributed by atoms with Crippen LogP contribution in [-0.2, 0) is 24.0 Å². The first-order chi connectivity index (χ1) is 50.1. The van der Waals surface area contributed by atoms with Crippen LogP contribution in [0.15, 0.2) is 182 Å². The average molecular weight is 1530 g/mol. The second kappa shape index (κ2) is 50.0. The maximum absolute atomic E-state index is 12.8. The van der Waals surface area contributed by atoms with Crippen LogP contribution in [0.5, 0.6) is 0 Å². The van der Waals surface area contributed by atoms with Crippen LogP contribution >= 0.6 is 34.4 Å². The van der Waals surface area contributed by atoms with Gasteiger partial charge in [-0.25, -0.2) is 15.2 Å². The Labute approximate surface area is 639 Å². The second-order valence-electron chi connectivity index (χ2n) is 28.5. The summed E-state index contributed by atoms with van der Waals surface area (Å²) >= 11 is 16.7. The largest absolute Gasteiger partial charge is 1.00 e. The van der Waals surface area contributed by atoms with E-state index >= 15 is 0 Å². The molecular formula is C85H125Cl3N6O8P2. The second-order valence-corrected chi connectivity index (χ2v) is 41.7. The van der Waals surface area contributed by atoms with E-state index in [1.807, 2.05) is 0 Å². The minimum Gasteiger partial charge on any atom is -1.00 e. The van der Waals surface area contributed by atoms with E-state index in [4.69, 9.17) is 22.5 Å². The van der Waals surface area contributed by atoms with Crippen LogP contribution in [0.3, 0.4) is 0 Å². The van der Waals surface area contributed by atoms with Gasteiger partial charge in [-0.15, -0.1) is 0 Å². The van der Waals surface area contributed by atoms with Crippen molar-refractivity contribution >= 4 is 95.8 Å². The molecule has 574 valence electrons. The van der Waals surface area contributed by atoms with Gasteiger partial charge in [-0.3, -0.25) is 39.6 Å². The Morgan fingerprint density at radius 1 is 0.317 bits per heavy atom. The number of halogens is 3. The van der Waals surface area contributed by atoms with Crippen LogP contribution in [0.2, 0.25) is 0 Å².